The van der Waals surface area contributed by atoms with Crippen LogP contribution in [0.2, 0.25) is 0 Å². The van der Waals surface area contributed by atoms with Gasteiger partial charge in [0, 0.05) is 19.0 Å². The molecule has 0 aromatic rings. The summed E-state index contributed by atoms with van der Waals surface area (Å²) in [4.78, 5) is 38.4. The lowest BCUT2D eigenvalue weighted by Crippen LogP contribution is -2.66. The van der Waals surface area contributed by atoms with Crippen molar-refractivity contribution in [3.8, 4) is 0 Å². The predicted octanol–water partition coefficient (Wildman–Crippen LogP) is 0.174. The predicted molar refractivity (Wildman–Crippen MR) is 89.2 cm³/mol. The second kappa shape index (κ2) is 5.69. The van der Waals surface area contributed by atoms with Crippen molar-refractivity contribution < 1.29 is 19.1 Å². The average molecular weight is 349 g/mol. The number of nitrogens with zero attached hydrogens (tertiary/aromatic N) is 1. The monoisotopic (exact) mass is 349 g/mol. The number of ether oxygens (including phenoxy) is 1. The Morgan fingerprint density at radius 3 is 2.44 bits per heavy atom. The summed E-state index contributed by atoms with van der Waals surface area (Å²) in [5.41, 5.74) is 4.74. The Morgan fingerprint density at radius 1 is 1.16 bits per heavy atom. The number of rotatable bonds is 3. The second-order valence-electron chi connectivity index (χ2n) is 8.72. The van der Waals surface area contributed by atoms with Crippen molar-refractivity contribution in [1.82, 2.24) is 10.2 Å². The van der Waals surface area contributed by atoms with E-state index in [1.54, 1.807) is 11.8 Å². The summed E-state index contributed by atoms with van der Waals surface area (Å²) in [6, 6.07) is 0. The van der Waals surface area contributed by atoms with Crippen LogP contribution >= 0.6 is 0 Å². The zero-order chi connectivity index (χ0) is 17.8. The van der Waals surface area contributed by atoms with Gasteiger partial charge in [0.25, 0.3) is 0 Å². The molecule has 25 heavy (non-hydrogen) atoms. The van der Waals surface area contributed by atoms with Gasteiger partial charge in [0.05, 0.1) is 18.6 Å². The van der Waals surface area contributed by atoms with Gasteiger partial charge >= 0.3 is 0 Å². The van der Waals surface area contributed by atoms with Crippen LogP contribution in [0.25, 0.3) is 0 Å². The molecule has 1 heterocycles. The minimum absolute atomic E-state index is 0.00952. The van der Waals surface area contributed by atoms with Crippen molar-refractivity contribution in [3.63, 3.8) is 0 Å². The largest absolute Gasteiger partial charge is 0.367 e. The first-order valence-corrected chi connectivity index (χ1v) is 9.30. The molecule has 138 valence electrons. The topological polar surface area (TPSA) is 102 Å². The fourth-order valence-electron chi connectivity index (χ4n) is 6.37. The van der Waals surface area contributed by atoms with Gasteiger partial charge in [-0.15, -0.1) is 0 Å². The van der Waals surface area contributed by atoms with Crippen molar-refractivity contribution >= 4 is 17.7 Å². The normalized spacial score (nSPS) is 42.3. The molecular weight excluding hydrogens is 322 g/mol. The Kier molecular flexibility index (Phi) is 3.83. The molecule has 7 nitrogen and oxygen atoms in total. The molecule has 5 fully saturated rings. The molecular formula is C18H27N3O4. The zero-order valence-corrected chi connectivity index (χ0v) is 14.8. The van der Waals surface area contributed by atoms with Crippen LogP contribution in [0.4, 0.5) is 0 Å². The number of nitrogens with two attached hydrogens (primary N) is 1. The van der Waals surface area contributed by atoms with Crippen molar-refractivity contribution in [2.75, 3.05) is 19.7 Å². The minimum Gasteiger partial charge on any atom is -0.367 e. The minimum atomic E-state index is -0.712. The second-order valence-corrected chi connectivity index (χ2v) is 8.72. The standard InChI is InChI=1S/C18H27N3O4/c1-11(22)20-18-7-12-4-13(8-18)6-17(5-12,10-18)16(24)21-2-3-25-14(9-21)15(19)23/h12-14H,2-10H2,1H3,(H2,19,23)(H,20,22)/t12-,13+,14-,17?,18?/m1/s1. The van der Waals surface area contributed by atoms with E-state index in [1.165, 1.54) is 6.42 Å². The van der Waals surface area contributed by atoms with Crippen LogP contribution in [0.5, 0.6) is 0 Å². The first kappa shape index (κ1) is 16.8. The summed E-state index contributed by atoms with van der Waals surface area (Å²) in [6.07, 6.45) is 4.98. The lowest BCUT2D eigenvalue weighted by Gasteiger charge is -2.62. The van der Waals surface area contributed by atoms with Crippen LogP contribution in [0.1, 0.15) is 45.4 Å². The molecule has 3 amide bonds. The summed E-state index contributed by atoms with van der Waals surface area (Å²) < 4.78 is 5.39. The van der Waals surface area contributed by atoms with E-state index in [4.69, 9.17) is 10.5 Å². The summed E-state index contributed by atoms with van der Waals surface area (Å²) in [7, 11) is 0. The number of carbonyl (C=O) groups excluding carboxylic acids is 3. The molecule has 0 aromatic carbocycles. The van der Waals surface area contributed by atoms with E-state index < -0.39 is 17.4 Å². The summed E-state index contributed by atoms with van der Waals surface area (Å²) in [5.74, 6) is 0.614. The van der Waals surface area contributed by atoms with Crippen LogP contribution in [0.15, 0.2) is 0 Å². The third-order valence-corrected chi connectivity index (χ3v) is 6.63. The van der Waals surface area contributed by atoms with E-state index in [0.717, 1.165) is 32.1 Å². The number of hydrogen-bond acceptors (Lipinski definition) is 4. The van der Waals surface area contributed by atoms with Gasteiger partial charge in [-0.25, -0.2) is 0 Å². The van der Waals surface area contributed by atoms with Gasteiger partial charge in [0.15, 0.2) is 6.10 Å². The molecule has 0 radical (unpaired) electrons. The van der Waals surface area contributed by atoms with Crippen LogP contribution in [-0.2, 0) is 19.1 Å². The molecule has 5 atom stereocenters. The molecule has 3 N–H and O–H groups in total. The van der Waals surface area contributed by atoms with Crippen molar-refractivity contribution in [3.05, 3.63) is 0 Å². The molecule has 1 aliphatic heterocycles. The fourth-order valence-corrected chi connectivity index (χ4v) is 6.37. The number of primary amides is 1. The third kappa shape index (κ3) is 2.82. The molecule has 1 saturated heterocycles. The van der Waals surface area contributed by atoms with Gasteiger partial charge in [-0.2, -0.15) is 0 Å². The smallest absolute Gasteiger partial charge is 0.248 e. The molecule has 2 unspecified atom stereocenters. The molecule has 4 bridgehead atoms. The summed E-state index contributed by atoms with van der Waals surface area (Å²) >= 11 is 0. The molecule has 0 aromatic heterocycles. The van der Waals surface area contributed by atoms with Crippen LogP contribution in [0, 0.1) is 17.3 Å². The molecule has 4 saturated carbocycles. The Balaban J connectivity index is 1.57. The highest BCUT2D eigenvalue weighted by Gasteiger charge is 2.61. The van der Waals surface area contributed by atoms with Crippen molar-refractivity contribution in [1.29, 1.82) is 0 Å². The first-order chi connectivity index (χ1) is 11.8. The highest BCUT2D eigenvalue weighted by Crippen LogP contribution is 2.62. The maximum absolute atomic E-state index is 13.5. The van der Waals surface area contributed by atoms with Gasteiger partial charge in [0.1, 0.15) is 0 Å². The van der Waals surface area contributed by atoms with E-state index in [-0.39, 0.29) is 23.9 Å². The Labute approximate surface area is 147 Å². The molecule has 7 heteroatoms. The highest BCUT2D eigenvalue weighted by atomic mass is 16.5. The summed E-state index contributed by atoms with van der Waals surface area (Å²) in [6.45, 7) is 2.66. The number of nitrogens with one attached hydrogen (secondary N) is 1. The van der Waals surface area contributed by atoms with E-state index in [9.17, 15) is 14.4 Å². The molecule has 4 aliphatic carbocycles. The quantitative estimate of drug-likeness (QED) is 0.758. The van der Waals surface area contributed by atoms with Gasteiger partial charge in [-0.1, -0.05) is 0 Å². The van der Waals surface area contributed by atoms with E-state index in [0.29, 0.717) is 25.0 Å². The Morgan fingerprint density at radius 2 is 1.84 bits per heavy atom. The first-order valence-electron chi connectivity index (χ1n) is 9.30. The zero-order valence-electron chi connectivity index (χ0n) is 14.8. The Hall–Kier alpha value is -1.63. The lowest BCUT2D eigenvalue weighted by atomic mass is 9.46. The maximum Gasteiger partial charge on any atom is 0.248 e. The van der Waals surface area contributed by atoms with Crippen LogP contribution in [-0.4, -0.2) is 54.0 Å². The number of morpholine rings is 1. The summed E-state index contributed by atoms with van der Waals surface area (Å²) in [5, 5.41) is 3.19. The number of carbonyl (C=O) groups is 3. The molecule has 5 aliphatic rings. The molecule has 5 rings (SSSR count). The molecule has 0 spiro atoms. The highest BCUT2D eigenvalue weighted by molar-refractivity contribution is 5.86. The van der Waals surface area contributed by atoms with E-state index >= 15 is 0 Å². The number of hydrogen-bond donors (Lipinski definition) is 2. The SMILES string of the molecule is CC(=O)NC12C[C@H]3C[C@@H](C1)CC(C(=O)N1CCO[C@@H](C(N)=O)C1)(C3)C2. The average Bonchev–Trinajstić information content (AvgIpc) is 2.51. The van der Waals surface area contributed by atoms with Crippen LogP contribution in [0.3, 0.4) is 0 Å². The third-order valence-electron chi connectivity index (χ3n) is 6.63. The van der Waals surface area contributed by atoms with E-state index in [2.05, 4.69) is 5.32 Å². The fraction of sp³-hybridized carbons (Fsp3) is 0.833. The van der Waals surface area contributed by atoms with Crippen LogP contribution < -0.4 is 11.1 Å². The van der Waals surface area contributed by atoms with Gasteiger partial charge < -0.3 is 20.7 Å². The van der Waals surface area contributed by atoms with Crippen molar-refractivity contribution in [2.45, 2.75) is 57.1 Å². The van der Waals surface area contributed by atoms with Crippen molar-refractivity contribution in [2.24, 2.45) is 23.0 Å². The maximum atomic E-state index is 13.5. The van der Waals surface area contributed by atoms with Gasteiger partial charge in [0.2, 0.25) is 17.7 Å². The Bertz CT molecular complexity index is 605. The van der Waals surface area contributed by atoms with E-state index in [1.807, 2.05) is 0 Å². The number of amides is 3. The van der Waals surface area contributed by atoms with Gasteiger partial charge in [-0.3, -0.25) is 14.4 Å². The van der Waals surface area contributed by atoms with Gasteiger partial charge in [-0.05, 0) is 50.4 Å². The lowest BCUT2D eigenvalue weighted by molar-refractivity contribution is -0.170.